The Morgan fingerprint density at radius 2 is 1.82 bits per heavy atom. The van der Waals surface area contributed by atoms with Crippen LogP contribution in [-0.4, -0.2) is 26.9 Å². The van der Waals surface area contributed by atoms with E-state index in [-0.39, 0.29) is 11.3 Å². The minimum Gasteiger partial charge on any atom is -0.497 e. The van der Waals surface area contributed by atoms with E-state index in [1.165, 1.54) is 10.6 Å². The second-order valence-corrected chi connectivity index (χ2v) is 8.01. The number of anilines is 1. The van der Waals surface area contributed by atoms with Crippen LogP contribution < -0.4 is 10.1 Å². The van der Waals surface area contributed by atoms with Crippen molar-refractivity contribution in [3.8, 4) is 17.0 Å². The van der Waals surface area contributed by atoms with Gasteiger partial charge < -0.3 is 10.1 Å². The number of alkyl halides is 3. The summed E-state index contributed by atoms with van der Waals surface area (Å²) in [5.74, 6) is 1.26. The van der Waals surface area contributed by atoms with E-state index >= 15 is 0 Å². The zero-order chi connectivity index (χ0) is 23.9. The highest BCUT2D eigenvalue weighted by atomic mass is 35.5. The maximum Gasteiger partial charge on any atom is 0.416 e. The topological polar surface area (TPSA) is 64.3 Å². The number of rotatable bonds is 5. The van der Waals surface area contributed by atoms with Gasteiger partial charge in [0.25, 0.3) is 0 Å². The van der Waals surface area contributed by atoms with E-state index < -0.39 is 11.7 Å². The molecule has 34 heavy (non-hydrogen) atoms. The summed E-state index contributed by atoms with van der Waals surface area (Å²) < 4.78 is 46.5. The zero-order valence-corrected chi connectivity index (χ0v) is 18.5. The van der Waals surface area contributed by atoms with Crippen LogP contribution in [0.25, 0.3) is 27.8 Å². The van der Waals surface area contributed by atoms with Gasteiger partial charge in [-0.15, -0.1) is 5.10 Å². The lowest BCUT2D eigenvalue weighted by atomic mass is 10.1. The fourth-order valence-electron chi connectivity index (χ4n) is 3.68. The first-order chi connectivity index (χ1) is 16.3. The monoisotopic (exact) mass is 483 g/mol. The van der Waals surface area contributed by atoms with Crippen molar-refractivity contribution in [3.05, 3.63) is 82.9 Å². The van der Waals surface area contributed by atoms with Crippen molar-refractivity contribution in [3.63, 3.8) is 0 Å². The quantitative estimate of drug-likeness (QED) is 0.321. The molecule has 0 unspecified atom stereocenters. The van der Waals surface area contributed by atoms with Gasteiger partial charge in [0, 0.05) is 22.5 Å². The highest BCUT2D eigenvalue weighted by Crippen LogP contribution is 2.34. The highest BCUT2D eigenvalue weighted by molar-refractivity contribution is 6.31. The lowest BCUT2D eigenvalue weighted by molar-refractivity contribution is -0.137. The number of benzene rings is 3. The lowest BCUT2D eigenvalue weighted by Gasteiger charge is -2.12. The molecular formula is C24H17ClF3N5O. The molecule has 0 atom stereocenters. The number of aromatic nitrogens is 4. The molecule has 2 aromatic heterocycles. The van der Waals surface area contributed by atoms with Crippen LogP contribution in [0, 0.1) is 0 Å². The summed E-state index contributed by atoms with van der Waals surface area (Å²) >= 11 is 6.23. The van der Waals surface area contributed by atoms with E-state index in [0.29, 0.717) is 33.9 Å². The Hall–Kier alpha value is -3.85. The molecule has 0 spiro atoms. The van der Waals surface area contributed by atoms with Gasteiger partial charge in [-0.2, -0.15) is 17.7 Å². The minimum atomic E-state index is -4.47. The molecule has 0 fully saturated rings. The van der Waals surface area contributed by atoms with Gasteiger partial charge >= 0.3 is 6.18 Å². The molecule has 0 aliphatic rings. The highest BCUT2D eigenvalue weighted by Gasteiger charge is 2.31. The van der Waals surface area contributed by atoms with Crippen molar-refractivity contribution in [2.75, 3.05) is 12.4 Å². The molecule has 5 aromatic rings. The van der Waals surface area contributed by atoms with Crippen LogP contribution in [-0.2, 0) is 12.7 Å². The molecule has 0 amide bonds. The third-order valence-corrected chi connectivity index (χ3v) is 5.62. The zero-order valence-electron chi connectivity index (χ0n) is 17.8. The first kappa shape index (κ1) is 22.0. The molecule has 0 radical (unpaired) electrons. The maximum absolute atomic E-state index is 13.3. The number of halogens is 4. The molecule has 10 heteroatoms. The SMILES string of the molecule is COc1ccc(CNc2nc3c(-c4cccc(C(F)(F)F)c4)nnn3c3ccc(Cl)cc23)cc1. The number of methoxy groups -OCH3 is 1. The maximum atomic E-state index is 13.3. The van der Waals surface area contributed by atoms with Crippen LogP contribution in [0.3, 0.4) is 0 Å². The lowest BCUT2D eigenvalue weighted by Crippen LogP contribution is -2.05. The fourth-order valence-corrected chi connectivity index (χ4v) is 3.85. The van der Waals surface area contributed by atoms with Crippen LogP contribution in [0.15, 0.2) is 66.7 Å². The molecule has 0 bridgehead atoms. The van der Waals surface area contributed by atoms with Gasteiger partial charge in [0.1, 0.15) is 17.3 Å². The summed E-state index contributed by atoms with van der Waals surface area (Å²) in [6.07, 6.45) is -4.47. The van der Waals surface area contributed by atoms with Crippen LogP contribution in [0.1, 0.15) is 11.1 Å². The Morgan fingerprint density at radius 1 is 1.03 bits per heavy atom. The molecule has 5 rings (SSSR count). The average Bonchev–Trinajstić information content (AvgIpc) is 3.26. The number of nitrogens with zero attached hydrogens (tertiary/aromatic N) is 4. The summed E-state index contributed by atoms with van der Waals surface area (Å²) in [5.41, 5.74) is 1.73. The van der Waals surface area contributed by atoms with E-state index in [1.54, 1.807) is 31.4 Å². The molecule has 0 aliphatic heterocycles. The predicted octanol–water partition coefficient (Wildman–Crippen LogP) is 6.24. The van der Waals surface area contributed by atoms with Crippen molar-refractivity contribution >= 4 is 34.0 Å². The number of nitrogens with one attached hydrogen (secondary N) is 1. The smallest absolute Gasteiger partial charge is 0.416 e. The van der Waals surface area contributed by atoms with Crippen molar-refractivity contribution in [2.24, 2.45) is 0 Å². The Bertz CT molecular complexity index is 1500. The molecule has 0 saturated heterocycles. The molecule has 3 aromatic carbocycles. The van der Waals surface area contributed by atoms with Gasteiger partial charge in [-0.3, -0.25) is 0 Å². The Morgan fingerprint density at radius 3 is 2.56 bits per heavy atom. The third kappa shape index (κ3) is 4.10. The van der Waals surface area contributed by atoms with E-state index in [9.17, 15) is 13.2 Å². The number of hydrogen-bond donors (Lipinski definition) is 1. The summed E-state index contributed by atoms with van der Waals surface area (Å²) in [4.78, 5) is 4.68. The summed E-state index contributed by atoms with van der Waals surface area (Å²) in [7, 11) is 1.60. The largest absolute Gasteiger partial charge is 0.497 e. The predicted molar refractivity (Wildman–Crippen MR) is 124 cm³/mol. The van der Waals surface area contributed by atoms with Gasteiger partial charge in [0.2, 0.25) is 0 Å². The van der Waals surface area contributed by atoms with Crippen molar-refractivity contribution < 1.29 is 17.9 Å². The Labute approximate surface area is 196 Å². The molecule has 1 N–H and O–H groups in total. The Balaban J connectivity index is 1.62. The Kier molecular flexibility index (Phi) is 5.49. The molecule has 2 heterocycles. The van der Waals surface area contributed by atoms with Crippen molar-refractivity contribution in [2.45, 2.75) is 12.7 Å². The second kappa shape index (κ2) is 8.49. The summed E-state index contributed by atoms with van der Waals surface area (Å²) in [6, 6.07) is 17.8. The number of fused-ring (bicyclic) bond motifs is 3. The van der Waals surface area contributed by atoms with Gasteiger partial charge in [0.15, 0.2) is 5.65 Å². The van der Waals surface area contributed by atoms with Gasteiger partial charge in [-0.25, -0.2) is 4.98 Å². The van der Waals surface area contributed by atoms with E-state index in [0.717, 1.165) is 23.4 Å². The van der Waals surface area contributed by atoms with Crippen molar-refractivity contribution in [1.29, 1.82) is 0 Å². The minimum absolute atomic E-state index is 0.246. The van der Waals surface area contributed by atoms with Gasteiger partial charge in [-0.1, -0.05) is 41.1 Å². The van der Waals surface area contributed by atoms with E-state index in [1.807, 2.05) is 24.3 Å². The second-order valence-electron chi connectivity index (χ2n) is 7.58. The summed E-state index contributed by atoms with van der Waals surface area (Å²) in [6.45, 7) is 0.454. The normalized spacial score (nSPS) is 11.8. The van der Waals surface area contributed by atoms with Crippen LogP contribution in [0.4, 0.5) is 19.0 Å². The first-order valence-corrected chi connectivity index (χ1v) is 10.6. The van der Waals surface area contributed by atoms with Gasteiger partial charge in [-0.05, 0) is 48.0 Å². The number of ether oxygens (including phenoxy) is 1. The number of hydrogen-bond acceptors (Lipinski definition) is 5. The third-order valence-electron chi connectivity index (χ3n) is 5.39. The first-order valence-electron chi connectivity index (χ1n) is 10.2. The van der Waals surface area contributed by atoms with Crippen LogP contribution in [0.2, 0.25) is 5.02 Å². The molecule has 0 aliphatic carbocycles. The standard InChI is InChI=1S/C24H17ClF3N5O/c1-34-18-8-5-14(6-9-18)13-29-22-19-12-17(25)7-10-20(19)33-23(30-22)21(31-32-33)15-3-2-4-16(11-15)24(26,27)28/h2-12H,13H2,1H3,(H,29,30). The van der Waals surface area contributed by atoms with Crippen molar-refractivity contribution in [1.82, 2.24) is 19.8 Å². The van der Waals surface area contributed by atoms with E-state index in [2.05, 4.69) is 20.6 Å². The molecular weight excluding hydrogens is 467 g/mol. The fraction of sp³-hybridized carbons (Fsp3) is 0.125. The van der Waals surface area contributed by atoms with Crippen LogP contribution in [0.5, 0.6) is 5.75 Å². The van der Waals surface area contributed by atoms with E-state index in [4.69, 9.17) is 16.3 Å². The van der Waals surface area contributed by atoms with Crippen LogP contribution >= 0.6 is 11.6 Å². The van der Waals surface area contributed by atoms with Gasteiger partial charge in [0.05, 0.1) is 18.2 Å². The average molecular weight is 484 g/mol. The summed E-state index contributed by atoms with van der Waals surface area (Å²) in [5, 5.41) is 12.8. The molecule has 0 saturated carbocycles. The molecule has 6 nitrogen and oxygen atoms in total. The molecule has 172 valence electrons.